The summed E-state index contributed by atoms with van der Waals surface area (Å²) >= 11 is 0. The molecule has 6 heteroatoms. The van der Waals surface area contributed by atoms with Gasteiger partial charge in [-0.1, -0.05) is 13.8 Å². The van der Waals surface area contributed by atoms with Crippen LogP contribution in [0.1, 0.15) is 39.5 Å². The Hall–Kier alpha value is -0.910. The van der Waals surface area contributed by atoms with Gasteiger partial charge in [0.25, 0.3) is 0 Å². The third-order valence-electron chi connectivity index (χ3n) is 4.18. The van der Waals surface area contributed by atoms with Gasteiger partial charge in [0.1, 0.15) is 0 Å². The molecular formula is C13H21NO4S. The summed E-state index contributed by atoms with van der Waals surface area (Å²) in [6.45, 7) is 4.02. The second-order valence-electron chi connectivity index (χ2n) is 6.33. The van der Waals surface area contributed by atoms with Crippen LogP contribution in [0.4, 0.5) is 0 Å². The van der Waals surface area contributed by atoms with Crippen LogP contribution in [-0.2, 0) is 19.4 Å². The Kier molecular flexibility index (Phi) is 3.73. The van der Waals surface area contributed by atoms with E-state index in [1.807, 2.05) is 13.8 Å². The minimum absolute atomic E-state index is 0.0173. The highest BCUT2D eigenvalue weighted by atomic mass is 32.2. The minimum atomic E-state index is -3.14. The maximum atomic E-state index is 12.1. The first-order valence-electron chi connectivity index (χ1n) is 6.78. The van der Waals surface area contributed by atoms with Crippen LogP contribution < -0.4 is 5.32 Å². The lowest BCUT2D eigenvalue weighted by Crippen LogP contribution is -2.56. The normalized spacial score (nSPS) is 34.6. The van der Waals surface area contributed by atoms with Gasteiger partial charge in [-0.05, 0) is 25.2 Å². The molecule has 1 spiro atoms. The van der Waals surface area contributed by atoms with Gasteiger partial charge in [0.05, 0.1) is 11.5 Å². The maximum absolute atomic E-state index is 12.1. The fourth-order valence-corrected chi connectivity index (χ4v) is 5.51. The molecule has 5 nitrogen and oxygen atoms in total. The van der Waals surface area contributed by atoms with E-state index < -0.39 is 15.3 Å². The van der Waals surface area contributed by atoms with E-state index in [1.54, 1.807) is 0 Å². The summed E-state index contributed by atoms with van der Waals surface area (Å²) in [5.74, 6) is -0.523. The highest BCUT2D eigenvalue weighted by molar-refractivity contribution is 7.91. The largest absolute Gasteiger partial charge is 0.296 e. The van der Waals surface area contributed by atoms with Gasteiger partial charge in [-0.2, -0.15) is 0 Å². The van der Waals surface area contributed by atoms with Gasteiger partial charge >= 0.3 is 0 Å². The van der Waals surface area contributed by atoms with E-state index in [4.69, 9.17) is 0 Å². The third-order valence-corrected chi connectivity index (χ3v) is 6.10. The number of hydrogen-bond acceptors (Lipinski definition) is 4. The molecule has 0 bridgehead atoms. The van der Waals surface area contributed by atoms with Crippen LogP contribution in [0.25, 0.3) is 0 Å². The van der Waals surface area contributed by atoms with Crippen molar-refractivity contribution in [3.63, 3.8) is 0 Å². The number of amides is 2. The Bertz CT molecular complexity index is 497. The van der Waals surface area contributed by atoms with Crippen LogP contribution in [0.5, 0.6) is 0 Å². The van der Waals surface area contributed by atoms with Crippen molar-refractivity contribution < 1.29 is 18.0 Å². The van der Waals surface area contributed by atoms with E-state index in [2.05, 4.69) is 5.32 Å². The average molecular weight is 287 g/mol. The Morgan fingerprint density at radius 3 is 2.63 bits per heavy atom. The molecule has 2 aliphatic rings. The third kappa shape index (κ3) is 2.99. The van der Waals surface area contributed by atoms with Gasteiger partial charge in [0, 0.05) is 17.8 Å². The monoisotopic (exact) mass is 287 g/mol. The number of imide groups is 1. The summed E-state index contributed by atoms with van der Waals surface area (Å²) in [6.07, 6.45) is 2.00. The molecule has 2 atom stereocenters. The van der Waals surface area contributed by atoms with E-state index in [1.165, 1.54) is 0 Å². The predicted molar refractivity (Wildman–Crippen MR) is 71.0 cm³/mol. The first-order chi connectivity index (χ1) is 8.74. The van der Waals surface area contributed by atoms with Crippen molar-refractivity contribution in [2.75, 3.05) is 11.5 Å². The zero-order valence-electron chi connectivity index (χ0n) is 11.4. The molecule has 2 unspecified atom stereocenters. The van der Waals surface area contributed by atoms with Crippen molar-refractivity contribution in [1.82, 2.24) is 5.32 Å². The molecule has 2 saturated heterocycles. The van der Waals surface area contributed by atoms with Crippen molar-refractivity contribution in [3.05, 3.63) is 0 Å². The molecule has 0 aromatic carbocycles. The highest BCUT2D eigenvalue weighted by Crippen LogP contribution is 2.46. The Morgan fingerprint density at radius 1 is 1.37 bits per heavy atom. The van der Waals surface area contributed by atoms with Crippen molar-refractivity contribution in [3.8, 4) is 0 Å². The van der Waals surface area contributed by atoms with Crippen LogP contribution in [0.3, 0.4) is 0 Å². The zero-order valence-corrected chi connectivity index (χ0v) is 12.3. The molecule has 0 aromatic heterocycles. The van der Waals surface area contributed by atoms with E-state index in [0.29, 0.717) is 25.2 Å². The smallest absolute Gasteiger partial charge is 0.230 e. The zero-order chi connectivity index (χ0) is 14.3. The molecule has 0 saturated carbocycles. The number of carbonyl (C=O) groups is 2. The topological polar surface area (TPSA) is 80.3 Å². The van der Waals surface area contributed by atoms with E-state index >= 15 is 0 Å². The number of piperidine rings is 1. The second kappa shape index (κ2) is 4.89. The Morgan fingerprint density at radius 2 is 2.05 bits per heavy atom. The van der Waals surface area contributed by atoms with Gasteiger partial charge in [0.2, 0.25) is 11.8 Å². The minimum Gasteiger partial charge on any atom is -0.296 e. The number of nitrogens with one attached hydrogen (secondary N) is 1. The SMILES string of the molecule is CC(C)CC1C(=O)NC(=O)CC12CCCS(=O)(=O)C2. The van der Waals surface area contributed by atoms with Crippen molar-refractivity contribution in [2.24, 2.45) is 17.3 Å². The van der Waals surface area contributed by atoms with Crippen molar-refractivity contribution >= 4 is 21.7 Å². The maximum Gasteiger partial charge on any atom is 0.230 e. The van der Waals surface area contributed by atoms with E-state index in [-0.39, 0.29) is 35.7 Å². The molecule has 1 N–H and O–H groups in total. The van der Waals surface area contributed by atoms with Crippen LogP contribution in [0, 0.1) is 17.3 Å². The molecule has 19 heavy (non-hydrogen) atoms. The highest BCUT2D eigenvalue weighted by Gasteiger charge is 2.51. The Balaban J connectivity index is 2.36. The first kappa shape index (κ1) is 14.5. The molecule has 2 fully saturated rings. The molecule has 2 rings (SSSR count). The second-order valence-corrected chi connectivity index (χ2v) is 8.51. The summed E-state index contributed by atoms with van der Waals surface area (Å²) in [5, 5.41) is 2.36. The van der Waals surface area contributed by atoms with Crippen LogP contribution in [0.2, 0.25) is 0 Å². The summed E-state index contributed by atoms with van der Waals surface area (Å²) in [7, 11) is -3.14. The van der Waals surface area contributed by atoms with Crippen LogP contribution in [-0.4, -0.2) is 31.7 Å². The standard InChI is InChI=1S/C13H21NO4S/c1-9(2)6-10-12(16)14-11(15)7-13(10)4-3-5-19(17,18)8-13/h9-10H,3-8H2,1-2H3,(H,14,15,16). The van der Waals surface area contributed by atoms with E-state index in [0.717, 1.165) is 0 Å². The van der Waals surface area contributed by atoms with Gasteiger partial charge < -0.3 is 0 Å². The lowest BCUT2D eigenvalue weighted by atomic mass is 9.66. The molecule has 0 aliphatic carbocycles. The molecule has 2 heterocycles. The fourth-order valence-electron chi connectivity index (χ4n) is 3.46. The first-order valence-corrected chi connectivity index (χ1v) is 8.60. The number of hydrogen-bond donors (Lipinski definition) is 1. The molecule has 2 amide bonds. The Labute approximate surface area is 114 Å². The molecule has 108 valence electrons. The summed E-state index contributed by atoms with van der Waals surface area (Å²) < 4.78 is 23.9. The summed E-state index contributed by atoms with van der Waals surface area (Å²) in [4.78, 5) is 23.8. The lowest BCUT2D eigenvalue weighted by molar-refractivity contribution is -0.144. The lowest BCUT2D eigenvalue weighted by Gasteiger charge is -2.45. The molecule has 0 aromatic rings. The van der Waals surface area contributed by atoms with Crippen molar-refractivity contribution in [2.45, 2.75) is 39.5 Å². The van der Waals surface area contributed by atoms with Gasteiger partial charge in [0.15, 0.2) is 9.84 Å². The molecular weight excluding hydrogens is 266 g/mol. The van der Waals surface area contributed by atoms with Gasteiger partial charge in [-0.25, -0.2) is 8.42 Å². The number of carbonyl (C=O) groups excluding carboxylic acids is 2. The average Bonchev–Trinajstić information content (AvgIpc) is 2.21. The van der Waals surface area contributed by atoms with Crippen molar-refractivity contribution in [1.29, 1.82) is 0 Å². The summed E-state index contributed by atoms with van der Waals surface area (Å²) in [5.41, 5.74) is -0.666. The van der Waals surface area contributed by atoms with Crippen LogP contribution in [0.15, 0.2) is 0 Å². The summed E-state index contributed by atoms with van der Waals surface area (Å²) in [6, 6.07) is 0. The quantitative estimate of drug-likeness (QED) is 0.765. The predicted octanol–water partition coefficient (Wildman–Crippen LogP) is 0.890. The number of rotatable bonds is 2. The van der Waals surface area contributed by atoms with Crippen LogP contribution >= 0.6 is 0 Å². The number of sulfone groups is 1. The van der Waals surface area contributed by atoms with Gasteiger partial charge in [-0.3, -0.25) is 14.9 Å². The fraction of sp³-hybridized carbons (Fsp3) is 0.846. The molecule has 0 radical (unpaired) electrons. The molecule has 2 aliphatic heterocycles. The van der Waals surface area contributed by atoms with E-state index in [9.17, 15) is 18.0 Å². The van der Waals surface area contributed by atoms with Gasteiger partial charge in [-0.15, -0.1) is 0 Å².